The number of halogens is 1. The fourth-order valence-corrected chi connectivity index (χ4v) is 3.03. The average Bonchev–Trinajstić information content (AvgIpc) is 2.87. The predicted octanol–water partition coefficient (Wildman–Crippen LogP) is 3.10. The van der Waals surface area contributed by atoms with Gasteiger partial charge in [0.2, 0.25) is 0 Å². The van der Waals surface area contributed by atoms with Gasteiger partial charge in [-0.1, -0.05) is 13.8 Å². The van der Waals surface area contributed by atoms with E-state index in [0.29, 0.717) is 22.3 Å². The first-order chi connectivity index (χ1) is 10.4. The average molecular weight is 370 g/mol. The smallest absolute Gasteiger partial charge is 0.331 e. The molecule has 2 rings (SSSR count). The van der Waals surface area contributed by atoms with Crippen molar-refractivity contribution in [3.63, 3.8) is 0 Å². The van der Waals surface area contributed by atoms with Crippen LogP contribution in [0.2, 0.25) is 0 Å². The Balaban J connectivity index is 1.78. The second-order valence-electron chi connectivity index (χ2n) is 5.83. The number of amides is 1. The zero-order valence-corrected chi connectivity index (χ0v) is 14.3. The number of piperidine rings is 1. The number of carbonyl (C=O) groups excluding carboxylic acids is 2. The number of furan rings is 1. The summed E-state index contributed by atoms with van der Waals surface area (Å²) in [5.41, 5.74) is 0. The summed E-state index contributed by atoms with van der Waals surface area (Å²) in [6.07, 6.45) is 3.88. The van der Waals surface area contributed by atoms with Crippen LogP contribution in [0.4, 0.5) is 0 Å². The maximum Gasteiger partial charge on any atom is 0.331 e. The molecule has 0 saturated carbocycles. The van der Waals surface area contributed by atoms with Crippen molar-refractivity contribution in [3.8, 4) is 0 Å². The molecular weight excluding hydrogens is 350 g/mol. The van der Waals surface area contributed by atoms with Crippen molar-refractivity contribution in [2.24, 2.45) is 11.8 Å². The summed E-state index contributed by atoms with van der Waals surface area (Å²) in [6.45, 7) is 5.51. The molecular formula is C16H20BrNO4. The molecule has 0 N–H and O–H groups in total. The number of rotatable bonds is 4. The number of nitrogens with zero attached hydrogens (tertiary/aromatic N) is 1. The lowest BCUT2D eigenvalue weighted by molar-refractivity contribution is -0.149. The van der Waals surface area contributed by atoms with Crippen LogP contribution in [0.25, 0.3) is 6.08 Å². The van der Waals surface area contributed by atoms with E-state index in [9.17, 15) is 9.59 Å². The molecule has 0 aliphatic carbocycles. The van der Waals surface area contributed by atoms with Gasteiger partial charge in [0, 0.05) is 19.2 Å². The molecule has 0 aromatic carbocycles. The summed E-state index contributed by atoms with van der Waals surface area (Å²) in [4.78, 5) is 25.5. The van der Waals surface area contributed by atoms with Gasteiger partial charge in [0.25, 0.3) is 5.91 Å². The topological polar surface area (TPSA) is 59.8 Å². The highest BCUT2D eigenvalue weighted by Crippen LogP contribution is 2.21. The van der Waals surface area contributed by atoms with Gasteiger partial charge >= 0.3 is 5.97 Å². The lowest BCUT2D eigenvalue weighted by atomic mass is 9.92. The molecule has 0 unspecified atom stereocenters. The number of carbonyl (C=O) groups is 2. The van der Waals surface area contributed by atoms with E-state index in [4.69, 9.17) is 9.15 Å². The van der Waals surface area contributed by atoms with Gasteiger partial charge in [-0.25, -0.2) is 4.79 Å². The molecule has 1 saturated heterocycles. The summed E-state index contributed by atoms with van der Waals surface area (Å²) in [7, 11) is 0. The minimum atomic E-state index is -0.557. The molecule has 0 spiro atoms. The highest BCUT2D eigenvalue weighted by Gasteiger charge is 2.25. The van der Waals surface area contributed by atoms with Crippen LogP contribution in [-0.4, -0.2) is 36.5 Å². The lowest BCUT2D eigenvalue weighted by Gasteiger charge is -2.34. The third-order valence-electron chi connectivity index (χ3n) is 3.54. The van der Waals surface area contributed by atoms with Crippen molar-refractivity contribution in [1.29, 1.82) is 0 Å². The maximum absolute atomic E-state index is 12.1. The molecule has 2 atom stereocenters. The summed E-state index contributed by atoms with van der Waals surface area (Å²) in [5.74, 6) is 0.815. The molecule has 0 radical (unpaired) electrons. The second kappa shape index (κ2) is 7.63. The van der Waals surface area contributed by atoms with Gasteiger partial charge in [0.1, 0.15) is 5.76 Å². The number of hydrogen-bond donors (Lipinski definition) is 0. The van der Waals surface area contributed by atoms with Gasteiger partial charge in [-0.15, -0.1) is 0 Å². The second-order valence-corrected chi connectivity index (χ2v) is 6.61. The Kier molecular flexibility index (Phi) is 5.83. The molecule has 6 heteroatoms. The van der Waals surface area contributed by atoms with E-state index in [-0.39, 0.29) is 12.5 Å². The first-order valence-electron chi connectivity index (χ1n) is 7.32. The van der Waals surface area contributed by atoms with Gasteiger partial charge in [-0.2, -0.15) is 0 Å². The normalized spacial score (nSPS) is 22.0. The van der Waals surface area contributed by atoms with E-state index < -0.39 is 5.97 Å². The van der Waals surface area contributed by atoms with E-state index in [1.54, 1.807) is 17.0 Å². The molecule has 22 heavy (non-hydrogen) atoms. The molecule has 1 aromatic heterocycles. The Labute approximate surface area is 138 Å². The molecule has 120 valence electrons. The zero-order valence-electron chi connectivity index (χ0n) is 12.8. The molecule has 1 fully saturated rings. The Bertz CT molecular complexity index is 556. The number of likely N-dealkylation sites (tertiary alicyclic amines) is 1. The van der Waals surface area contributed by atoms with E-state index in [2.05, 4.69) is 29.8 Å². The number of esters is 1. The number of ether oxygens (including phenoxy) is 1. The molecule has 1 aromatic rings. The largest absolute Gasteiger partial charge is 0.452 e. The first-order valence-corrected chi connectivity index (χ1v) is 8.11. The monoisotopic (exact) mass is 369 g/mol. The van der Waals surface area contributed by atoms with Crippen LogP contribution in [0.5, 0.6) is 0 Å². The van der Waals surface area contributed by atoms with Gasteiger partial charge in [0.05, 0.1) is 0 Å². The van der Waals surface area contributed by atoms with Crippen molar-refractivity contribution in [1.82, 2.24) is 4.90 Å². The fraction of sp³-hybridized carbons (Fsp3) is 0.500. The van der Waals surface area contributed by atoms with Crippen LogP contribution in [-0.2, 0) is 14.3 Å². The minimum Gasteiger partial charge on any atom is -0.452 e. The quantitative estimate of drug-likeness (QED) is 0.604. The third kappa shape index (κ3) is 5.02. The van der Waals surface area contributed by atoms with Crippen LogP contribution in [0.1, 0.15) is 26.0 Å². The molecule has 1 aliphatic heterocycles. The standard InChI is InChI=1S/C16H20BrNO4/c1-11-7-12(2)9-18(8-11)15(19)10-21-16(20)6-4-13-3-5-14(17)22-13/h3-6,11-12H,7-10H2,1-2H3/b6-4+/t11-,12+. The Hall–Kier alpha value is -1.56. The summed E-state index contributed by atoms with van der Waals surface area (Å²) in [6, 6.07) is 3.45. The van der Waals surface area contributed by atoms with E-state index in [0.717, 1.165) is 19.5 Å². The third-order valence-corrected chi connectivity index (χ3v) is 3.96. The number of hydrogen-bond acceptors (Lipinski definition) is 4. The summed E-state index contributed by atoms with van der Waals surface area (Å²) >= 11 is 3.18. The van der Waals surface area contributed by atoms with E-state index >= 15 is 0 Å². The SMILES string of the molecule is C[C@@H]1C[C@H](C)CN(C(=O)COC(=O)/C=C/c2ccc(Br)o2)C1. The van der Waals surface area contributed by atoms with Gasteiger partial charge in [-0.05, 0) is 52.4 Å². The van der Waals surface area contributed by atoms with Crippen molar-refractivity contribution in [3.05, 3.63) is 28.6 Å². The van der Waals surface area contributed by atoms with Gasteiger partial charge < -0.3 is 14.1 Å². The van der Waals surface area contributed by atoms with Crippen LogP contribution >= 0.6 is 15.9 Å². The molecule has 5 nitrogen and oxygen atoms in total. The van der Waals surface area contributed by atoms with Crippen molar-refractivity contribution in [2.45, 2.75) is 20.3 Å². The van der Waals surface area contributed by atoms with Crippen molar-refractivity contribution < 1.29 is 18.7 Å². The minimum absolute atomic E-state index is 0.138. The Morgan fingerprint density at radius 3 is 2.64 bits per heavy atom. The maximum atomic E-state index is 12.1. The molecule has 0 bridgehead atoms. The van der Waals surface area contributed by atoms with E-state index in [1.807, 2.05) is 0 Å². The fourth-order valence-electron chi connectivity index (χ4n) is 2.71. The first kappa shape index (κ1) is 16.8. The molecule has 2 heterocycles. The van der Waals surface area contributed by atoms with Crippen LogP contribution in [0, 0.1) is 11.8 Å². The van der Waals surface area contributed by atoms with E-state index in [1.165, 1.54) is 12.2 Å². The predicted molar refractivity (Wildman–Crippen MR) is 85.9 cm³/mol. The highest BCUT2D eigenvalue weighted by molar-refractivity contribution is 9.10. The zero-order chi connectivity index (χ0) is 16.1. The van der Waals surface area contributed by atoms with Crippen LogP contribution in [0.3, 0.4) is 0 Å². The van der Waals surface area contributed by atoms with Gasteiger partial charge in [-0.3, -0.25) is 4.79 Å². The van der Waals surface area contributed by atoms with Crippen LogP contribution in [0.15, 0.2) is 27.3 Å². The van der Waals surface area contributed by atoms with Crippen LogP contribution < -0.4 is 0 Å². The Morgan fingerprint density at radius 1 is 1.36 bits per heavy atom. The van der Waals surface area contributed by atoms with Crippen molar-refractivity contribution >= 4 is 33.9 Å². The van der Waals surface area contributed by atoms with Gasteiger partial charge in [0.15, 0.2) is 11.3 Å². The van der Waals surface area contributed by atoms with Crippen molar-refractivity contribution in [2.75, 3.05) is 19.7 Å². The Morgan fingerprint density at radius 2 is 2.05 bits per heavy atom. The highest BCUT2D eigenvalue weighted by atomic mass is 79.9. The summed E-state index contributed by atoms with van der Waals surface area (Å²) in [5, 5.41) is 0. The lowest BCUT2D eigenvalue weighted by Crippen LogP contribution is -2.44. The molecule has 1 aliphatic rings. The molecule has 1 amide bonds. The summed E-state index contributed by atoms with van der Waals surface area (Å²) < 4.78 is 10.8.